The summed E-state index contributed by atoms with van der Waals surface area (Å²) in [4.78, 5) is 19.2. The smallest absolute Gasteiger partial charge is 0.410 e. The average Bonchev–Trinajstić information content (AvgIpc) is 3.47. The number of hydrogen-bond acceptors (Lipinski definition) is 4. The van der Waals surface area contributed by atoms with Gasteiger partial charge in [0.2, 0.25) is 0 Å². The van der Waals surface area contributed by atoms with Crippen molar-refractivity contribution in [2.45, 2.75) is 38.6 Å². The minimum Gasteiger partial charge on any atom is -0.439 e. The summed E-state index contributed by atoms with van der Waals surface area (Å²) in [6.45, 7) is 6.44. The quantitative estimate of drug-likeness (QED) is 0.399. The lowest BCUT2D eigenvalue weighted by atomic mass is 9.98. The van der Waals surface area contributed by atoms with Crippen molar-refractivity contribution in [3.05, 3.63) is 95.1 Å². The monoisotopic (exact) mass is 505 g/mol. The molecule has 36 heavy (non-hydrogen) atoms. The SMILES string of the molecule is Cc1ccc(C2CN(Cc3ccc(-c4ccccc4CN4CC[C@@H](N(C)C)C4)cc3)C(=O)O2)cc1.Cl. The number of ether oxygens (including phenoxy) is 1. The molecule has 5 rings (SSSR count). The fourth-order valence-electron chi connectivity index (χ4n) is 5.16. The molecule has 1 unspecified atom stereocenters. The number of carbonyl (C=O) groups is 1. The predicted octanol–water partition coefficient (Wildman–Crippen LogP) is 5.91. The molecule has 2 heterocycles. The normalized spacial score (nSPS) is 20.0. The lowest BCUT2D eigenvalue weighted by Crippen LogP contribution is -2.31. The molecule has 3 aromatic carbocycles. The molecule has 0 aliphatic carbocycles. The third kappa shape index (κ3) is 5.92. The number of nitrogens with zero attached hydrogens (tertiary/aromatic N) is 3. The van der Waals surface area contributed by atoms with Crippen LogP contribution in [0.3, 0.4) is 0 Å². The van der Waals surface area contributed by atoms with Crippen molar-refractivity contribution in [3.8, 4) is 11.1 Å². The molecular weight excluding hydrogens is 470 g/mol. The van der Waals surface area contributed by atoms with Crippen molar-refractivity contribution >= 4 is 18.5 Å². The van der Waals surface area contributed by atoms with E-state index in [-0.39, 0.29) is 24.6 Å². The highest BCUT2D eigenvalue weighted by atomic mass is 35.5. The molecule has 0 saturated carbocycles. The lowest BCUT2D eigenvalue weighted by molar-refractivity contribution is 0.132. The van der Waals surface area contributed by atoms with E-state index in [4.69, 9.17) is 4.74 Å². The first-order valence-corrected chi connectivity index (χ1v) is 12.5. The second kappa shape index (κ2) is 11.5. The number of hydrogen-bond donors (Lipinski definition) is 0. The Balaban J connectivity index is 0.00000304. The van der Waals surface area contributed by atoms with Gasteiger partial charge >= 0.3 is 6.09 Å². The number of cyclic esters (lactones) is 1. The van der Waals surface area contributed by atoms with Crippen LogP contribution in [-0.2, 0) is 17.8 Å². The van der Waals surface area contributed by atoms with Gasteiger partial charge in [-0.15, -0.1) is 12.4 Å². The Labute approximate surface area is 221 Å². The van der Waals surface area contributed by atoms with Gasteiger partial charge in [-0.3, -0.25) is 9.80 Å². The van der Waals surface area contributed by atoms with Crippen LogP contribution >= 0.6 is 12.4 Å². The van der Waals surface area contributed by atoms with Crippen LogP contribution in [0, 0.1) is 6.92 Å². The van der Waals surface area contributed by atoms with Gasteiger partial charge in [-0.05, 0) is 55.3 Å². The number of likely N-dealkylation sites (N-methyl/N-ethyl adjacent to an activating group) is 1. The van der Waals surface area contributed by atoms with Gasteiger partial charge in [-0.1, -0.05) is 78.4 Å². The first-order valence-electron chi connectivity index (χ1n) is 12.5. The molecule has 0 spiro atoms. The molecule has 0 aromatic heterocycles. The van der Waals surface area contributed by atoms with Crippen LogP contribution in [0.5, 0.6) is 0 Å². The molecule has 5 nitrogen and oxygen atoms in total. The standard InChI is InChI=1S/C30H35N3O2.ClH/c1-22-8-12-25(13-9-22)29-21-33(30(34)35-29)18-23-10-14-24(15-11-23)28-7-5-4-6-26(28)19-32-17-16-27(20-32)31(2)3;/h4-15,27,29H,16-21H2,1-3H3;1H/t27-,29?;/m1./s1. The molecule has 0 N–H and O–H groups in total. The molecule has 6 heteroatoms. The average molecular weight is 506 g/mol. The van der Waals surface area contributed by atoms with E-state index in [0.29, 0.717) is 19.1 Å². The largest absolute Gasteiger partial charge is 0.439 e. The molecule has 2 atom stereocenters. The predicted molar refractivity (Wildman–Crippen MR) is 147 cm³/mol. The Morgan fingerprint density at radius 3 is 2.33 bits per heavy atom. The van der Waals surface area contributed by atoms with Crippen LogP contribution in [-0.4, -0.2) is 60.6 Å². The number of likely N-dealkylation sites (tertiary alicyclic amines) is 1. The first kappa shape index (κ1) is 26.2. The van der Waals surface area contributed by atoms with E-state index in [0.717, 1.165) is 30.8 Å². The van der Waals surface area contributed by atoms with Crippen LogP contribution in [0.2, 0.25) is 0 Å². The molecule has 1 amide bonds. The summed E-state index contributed by atoms with van der Waals surface area (Å²) in [6.07, 6.45) is 0.784. The molecular formula is C30H36ClN3O2. The molecule has 2 fully saturated rings. The molecule has 0 bridgehead atoms. The summed E-state index contributed by atoms with van der Waals surface area (Å²) in [5.41, 5.74) is 7.23. The van der Waals surface area contributed by atoms with Gasteiger partial charge in [0.25, 0.3) is 0 Å². The molecule has 3 aromatic rings. The highest BCUT2D eigenvalue weighted by molar-refractivity contribution is 5.85. The molecule has 2 aliphatic rings. The second-order valence-electron chi connectivity index (χ2n) is 10.2. The third-order valence-corrected chi connectivity index (χ3v) is 7.36. The maximum Gasteiger partial charge on any atom is 0.410 e. The maximum atomic E-state index is 12.5. The van der Waals surface area contributed by atoms with Crippen molar-refractivity contribution < 1.29 is 9.53 Å². The van der Waals surface area contributed by atoms with E-state index in [2.05, 4.69) is 91.5 Å². The minimum absolute atomic E-state index is 0. The number of benzene rings is 3. The van der Waals surface area contributed by atoms with Crippen molar-refractivity contribution in [1.29, 1.82) is 0 Å². The van der Waals surface area contributed by atoms with Gasteiger partial charge in [0.05, 0.1) is 6.54 Å². The third-order valence-electron chi connectivity index (χ3n) is 7.36. The fourth-order valence-corrected chi connectivity index (χ4v) is 5.16. The zero-order chi connectivity index (χ0) is 24.4. The highest BCUT2D eigenvalue weighted by Gasteiger charge is 2.32. The van der Waals surface area contributed by atoms with Gasteiger partial charge in [0.15, 0.2) is 0 Å². The summed E-state index contributed by atoms with van der Waals surface area (Å²) in [7, 11) is 4.35. The zero-order valence-corrected chi connectivity index (χ0v) is 22.2. The molecule has 0 radical (unpaired) electrons. The summed E-state index contributed by atoms with van der Waals surface area (Å²) in [5.74, 6) is 0. The number of halogens is 1. The van der Waals surface area contributed by atoms with Crippen molar-refractivity contribution in [3.63, 3.8) is 0 Å². The highest BCUT2D eigenvalue weighted by Crippen LogP contribution is 2.29. The van der Waals surface area contributed by atoms with Crippen LogP contribution in [0.1, 0.15) is 34.8 Å². The zero-order valence-electron chi connectivity index (χ0n) is 21.4. The van der Waals surface area contributed by atoms with Crippen molar-refractivity contribution in [2.75, 3.05) is 33.7 Å². The molecule has 2 saturated heterocycles. The fraction of sp³-hybridized carbons (Fsp3) is 0.367. The number of rotatable bonds is 7. The van der Waals surface area contributed by atoms with Gasteiger partial charge in [0, 0.05) is 32.2 Å². The number of carbonyl (C=O) groups excluding carboxylic acids is 1. The van der Waals surface area contributed by atoms with E-state index >= 15 is 0 Å². The minimum atomic E-state index is -0.244. The van der Waals surface area contributed by atoms with Crippen LogP contribution in [0.15, 0.2) is 72.8 Å². The van der Waals surface area contributed by atoms with Crippen LogP contribution in [0.25, 0.3) is 11.1 Å². The van der Waals surface area contributed by atoms with Gasteiger partial charge in [-0.25, -0.2) is 4.79 Å². The number of aryl methyl sites for hydroxylation is 1. The van der Waals surface area contributed by atoms with E-state index in [1.807, 2.05) is 12.1 Å². The topological polar surface area (TPSA) is 36.0 Å². The Hall–Kier alpha value is -2.86. The Morgan fingerprint density at radius 1 is 0.917 bits per heavy atom. The van der Waals surface area contributed by atoms with Crippen LogP contribution < -0.4 is 0 Å². The Morgan fingerprint density at radius 2 is 1.64 bits per heavy atom. The number of amides is 1. The van der Waals surface area contributed by atoms with Gasteiger partial charge in [-0.2, -0.15) is 0 Å². The maximum absolute atomic E-state index is 12.5. The lowest BCUT2D eigenvalue weighted by Gasteiger charge is -2.21. The van der Waals surface area contributed by atoms with Crippen LogP contribution in [0.4, 0.5) is 4.79 Å². The second-order valence-corrected chi connectivity index (χ2v) is 10.2. The summed E-state index contributed by atoms with van der Waals surface area (Å²) >= 11 is 0. The molecule has 2 aliphatic heterocycles. The van der Waals surface area contributed by atoms with Crippen molar-refractivity contribution in [2.24, 2.45) is 0 Å². The summed E-state index contributed by atoms with van der Waals surface area (Å²) in [5, 5.41) is 0. The Bertz CT molecular complexity index is 1160. The van der Waals surface area contributed by atoms with E-state index in [9.17, 15) is 4.79 Å². The summed E-state index contributed by atoms with van der Waals surface area (Å²) < 4.78 is 5.65. The van der Waals surface area contributed by atoms with Crippen molar-refractivity contribution in [1.82, 2.24) is 14.7 Å². The van der Waals surface area contributed by atoms with E-state index < -0.39 is 0 Å². The van der Waals surface area contributed by atoms with Gasteiger partial charge < -0.3 is 9.64 Å². The Kier molecular flexibility index (Phi) is 8.35. The molecule has 190 valence electrons. The summed E-state index contributed by atoms with van der Waals surface area (Å²) in [6, 6.07) is 26.2. The van der Waals surface area contributed by atoms with Gasteiger partial charge in [0.1, 0.15) is 6.10 Å². The van der Waals surface area contributed by atoms with E-state index in [1.165, 1.54) is 28.7 Å². The van der Waals surface area contributed by atoms with E-state index in [1.54, 1.807) is 4.90 Å². The first-order chi connectivity index (χ1) is 17.0.